The molecule has 0 N–H and O–H groups in total. The van der Waals surface area contributed by atoms with Crippen LogP contribution in [0.15, 0.2) is 11.6 Å². The maximum absolute atomic E-state index is 11.2. The van der Waals surface area contributed by atoms with E-state index in [1.54, 1.807) is 13.0 Å². The van der Waals surface area contributed by atoms with Crippen molar-refractivity contribution >= 4 is 15.6 Å². The molecule has 0 aliphatic carbocycles. The van der Waals surface area contributed by atoms with Crippen LogP contribution in [0.4, 0.5) is 0 Å². The Kier molecular flexibility index (Phi) is 5.69. The fourth-order valence-corrected chi connectivity index (χ4v) is 1.88. The minimum atomic E-state index is -2.92. The molecule has 0 rings (SSSR count). The lowest BCUT2D eigenvalue weighted by molar-refractivity contribution is -0.114. The molecular weight excluding hydrogens is 200 g/mol. The standard InChI is InChI=1S/C10H18O3S/c1-4-14(12,13)7-5-6-10(11)8-9(2)3/h8H,4-7H2,1-3H3. The van der Waals surface area contributed by atoms with E-state index in [9.17, 15) is 13.2 Å². The topological polar surface area (TPSA) is 51.2 Å². The lowest BCUT2D eigenvalue weighted by atomic mass is 10.2. The lowest BCUT2D eigenvalue weighted by Crippen LogP contribution is -2.09. The molecule has 0 saturated carbocycles. The molecule has 14 heavy (non-hydrogen) atoms. The highest BCUT2D eigenvalue weighted by Gasteiger charge is 2.07. The Morgan fingerprint density at radius 1 is 1.29 bits per heavy atom. The van der Waals surface area contributed by atoms with Crippen molar-refractivity contribution in [3.8, 4) is 0 Å². The highest BCUT2D eigenvalue weighted by Crippen LogP contribution is 2.00. The summed E-state index contributed by atoms with van der Waals surface area (Å²) in [7, 11) is -2.92. The minimum Gasteiger partial charge on any atom is -0.295 e. The van der Waals surface area contributed by atoms with Gasteiger partial charge in [0.05, 0.1) is 5.75 Å². The average Bonchev–Trinajstić information content (AvgIpc) is 2.02. The third-order valence-electron chi connectivity index (χ3n) is 1.77. The number of carbonyl (C=O) groups excluding carboxylic acids is 1. The number of sulfone groups is 1. The summed E-state index contributed by atoms with van der Waals surface area (Å²) in [6, 6.07) is 0. The van der Waals surface area contributed by atoms with E-state index < -0.39 is 9.84 Å². The maximum atomic E-state index is 11.2. The lowest BCUT2D eigenvalue weighted by Gasteiger charge is -1.99. The van der Waals surface area contributed by atoms with E-state index in [0.717, 1.165) is 5.57 Å². The average molecular weight is 218 g/mol. The van der Waals surface area contributed by atoms with Crippen molar-refractivity contribution in [3.63, 3.8) is 0 Å². The number of allylic oxidation sites excluding steroid dienone is 2. The minimum absolute atomic E-state index is 0.0105. The van der Waals surface area contributed by atoms with Gasteiger partial charge in [-0.05, 0) is 26.3 Å². The van der Waals surface area contributed by atoms with Crippen LogP contribution in [0.1, 0.15) is 33.6 Å². The molecule has 0 aliphatic heterocycles. The Balaban J connectivity index is 3.88. The molecule has 82 valence electrons. The van der Waals surface area contributed by atoms with Gasteiger partial charge in [-0.25, -0.2) is 8.42 Å². The summed E-state index contributed by atoms with van der Waals surface area (Å²) in [4.78, 5) is 11.2. The predicted molar refractivity (Wildman–Crippen MR) is 58.0 cm³/mol. The van der Waals surface area contributed by atoms with Crippen molar-refractivity contribution in [1.29, 1.82) is 0 Å². The molecule has 0 aliphatic rings. The number of hydrogen-bond acceptors (Lipinski definition) is 3. The first-order valence-corrected chi connectivity index (χ1v) is 6.57. The van der Waals surface area contributed by atoms with Gasteiger partial charge in [0, 0.05) is 12.2 Å². The molecule has 4 heteroatoms. The van der Waals surface area contributed by atoms with Gasteiger partial charge >= 0.3 is 0 Å². The number of ketones is 1. The molecule has 0 atom stereocenters. The van der Waals surface area contributed by atoms with Gasteiger partial charge in [-0.3, -0.25) is 4.79 Å². The van der Waals surface area contributed by atoms with Crippen molar-refractivity contribution in [2.24, 2.45) is 0 Å². The summed E-state index contributed by atoms with van der Waals surface area (Å²) in [6.45, 7) is 5.31. The summed E-state index contributed by atoms with van der Waals surface area (Å²) >= 11 is 0. The van der Waals surface area contributed by atoms with Crippen LogP contribution in [0, 0.1) is 0 Å². The van der Waals surface area contributed by atoms with Crippen molar-refractivity contribution in [3.05, 3.63) is 11.6 Å². The molecule has 0 fully saturated rings. The van der Waals surface area contributed by atoms with Crippen LogP contribution in [-0.4, -0.2) is 25.7 Å². The molecule has 0 saturated heterocycles. The zero-order valence-electron chi connectivity index (χ0n) is 9.04. The van der Waals surface area contributed by atoms with E-state index in [-0.39, 0.29) is 17.3 Å². The van der Waals surface area contributed by atoms with Crippen molar-refractivity contribution in [2.45, 2.75) is 33.6 Å². The molecule has 0 amide bonds. The second-order valence-corrected chi connectivity index (χ2v) is 6.00. The van der Waals surface area contributed by atoms with Gasteiger partial charge in [-0.15, -0.1) is 0 Å². The van der Waals surface area contributed by atoms with Crippen LogP contribution in [-0.2, 0) is 14.6 Å². The fraction of sp³-hybridized carbons (Fsp3) is 0.700. The van der Waals surface area contributed by atoms with Crippen LogP contribution < -0.4 is 0 Å². The van der Waals surface area contributed by atoms with Crippen LogP contribution in [0.3, 0.4) is 0 Å². The van der Waals surface area contributed by atoms with Crippen LogP contribution >= 0.6 is 0 Å². The van der Waals surface area contributed by atoms with Gasteiger partial charge in [0.1, 0.15) is 9.84 Å². The van der Waals surface area contributed by atoms with E-state index in [1.807, 2.05) is 13.8 Å². The van der Waals surface area contributed by atoms with E-state index in [4.69, 9.17) is 0 Å². The monoisotopic (exact) mass is 218 g/mol. The first-order chi connectivity index (χ1) is 6.37. The van der Waals surface area contributed by atoms with Gasteiger partial charge in [0.15, 0.2) is 5.78 Å². The predicted octanol–water partition coefficient (Wildman–Crippen LogP) is 1.74. The smallest absolute Gasteiger partial charge is 0.155 e. The third kappa shape index (κ3) is 6.83. The first-order valence-electron chi connectivity index (χ1n) is 4.75. The van der Waals surface area contributed by atoms with Gasteiger partial charge < -0.3 is 0 Å². The molecule has 0 bridgehead atoms. The van der Waals surface area contributed by atoms with Crippen molar-refractivity contribution in [1.82, 2.24) is 0 Å². The molecule has 0 radical (unpaired) electrons. The molecule has 0 unspecified atom stereocenters. The summed E-state index contributed by atoms with van der Waals surface area (Å²) in [5, 5.41) is 0. The van der Waals surface area contributed by atoms with E-state index in [0.29, 0.717) is 12.8 Å². The Bertz CT molecular complexity index is 308. The first kappa shape index (κ1) is 13.4. The van der Waals surface area contributed by atoms with Crippen LogP contribution in [0.5, 0.6) is 0 Å². The summed E-state index contributed by atoms with van der Waals surface area (Å²) in [5.74, 6) is 0.284. The zero-order chi connectivity index (χ0) is 11.2. The molecule has 0 heterocycles. The number of hydrogen-bond donors (Lipinski definition) is 0. The quantitative estimate of drug-likeness (QED) is 0.638. The summed E-state index contributed by atoms with van der Waals surface area (Å²) in [6.07, 6.45) is 2.31. The summed E-state index contributed by atoms with van der Waals surface area (Å²) < 4.78 is 22.2. The molecule has 0 aromatic rings. The van der Waals surface area contributed by atoms with E-state index in [2.05, 4.69) is 0 Å². The summed E-state index contributed by atoms with van der Waals surface area (Å²) in [5.41, 5.74) is 0.952. The molecular formula is C10H18O3S. The largest absolute Gasteiger partial charge is 0.295 e. The van der Waals surface area contributed by atoms with E-state index in [1.165, 1.54) is 0 Å². The van der Waals surface area contributed by atoms with Gasteiger partial charge in [-0.1, -0.05) is 12.5 Å². The van der Waals surface area contributed by atoms with E-state index >= 15 is 0 Å². The molecule has 3 nitrogen and oxygen atoms in total. The SMILES string of the molecule is CCS(=O)(=O)CCCC(=O)C=C(C)C. The molecule has 0 spiro atoms. The van der Waals surface area contributed by atoms with Crippen molar-refractivity contribution < 1.29 is 13.2 Å². The number of carbonyl (C=O) groups is 1. The Morgan fingerprint density at radius 2 is 1.86 bits per heavy atom. The highest BCUT2D eigenvalue weighted by atomic mass is 32.2. The number of rotatable bonds is 6. The van der Waals surface area contributed by atoms with Crippen LogP contribution in [0.25, 0.3) is 0 Å². The van der Waals surface area contributed by atoms with Gasteiger partial charge in [0.25, 0.3) is 0 Å². The normalized spacial score (nSPS) is 11.1. The molecule has 0 aromatic heterocycles. The van der Waals surface area contributed by atoms with Crippen molar-refractivity contribution in [2.75, 3.05) is 11.5 Å². The Hall–Kier alpha value is -0.640. The van der Waals surface area contributed by atoms with Gasteiger partial charge in [0.2, 0.25) is 0 Å². The molecule has 0 aromatic carbocycles. The van der Waals surface area contributed by atoms with Gasteiger partial charge in [-0.2, -0.15) is 0 Å². The van der Waals surface area contributed by atoms with Crippen LogP contribution in [0.2, 0.25) is 0 Å². The fourth-order valence-electron chi connectivity index (χ4n) is 1.00. The zero-order valence-corrected chi connectivity index (χ0v) is 9.86. The second kappa shape index (κ2) is 5.96. The Morgan fingerprint density at radius 3 is 2.29 bits per heavy atom. The third-order valence-corrected chi connectivity index (χ3v) is 3.56. The second-order valence-electron chi connectivity index (χ2n) is 3.53. The Labute approximate surface area is 86.1 Å². The maximum Gasteiger partial charge on any atom is 0.155 e. The highest BCUT2D eigenvalue weighted by molar-refractivity contribution is 7.91.